The molecule has 5 heteroatoms. The summed E-state index contributed by atoms with van der Waals surface area (Å²) in [6.45, 7) is 0.376. The quantitative estimate of drug-likeness (QED) is 0.429. The minimum atomic E-state index is -0.316. The number of halogens is 2. The molecule has 0 fully saturated rings. The van der Waals surface area contributed by atoms with E-state index in [1.165, 1.54) is 6.07 Å². The van der Waals surface area contributed by atoms with Crippen molar-refractivity contribution in [3.63, 3.8) is 0 Å². The minimum Gasteiger partial charge on any atom is -0.497 e. The maximum atomic E-state index is 14.2. The van der Waals surface area contributed by atoms with Gasteiger partial charge in [-0.05, 0) is 42.0 Å². The van der Waals surface area contributed by atoms with Crippen LogP contribution >= 0.6 is 11.6 Å². The molecule has 0 atom stereocenters. The number of benzene rings is 3. The first-order valence-corrected chi connectivity index (χ1v) is 8.45. The molecule has 0 spiro atoms. The monoisotopic (exact) mass is 367 g/mol. The number of hydrogen-bond acceptors (Lipinski definition) is 3. The van der Waals surface area contributed by atoms with E-state index in [9.17, 15) is 4.39 Å². The molecule has 0 aliphatic carbocycles. The number of rotatable bonds is 4. The van der Waals surface area contributed by atoms with Crippen molar-refractivity contribution in [3.8, 4) is 11.5 Å². The van der Waals surface area contributed by atoms with E-state index in [0.717, 1.165) is 22.1 Å². The van der Waals surface area contributed by atoms with Gasteiger partial charge in [0.25, 0.3) is 0 Å². The molecule has 0 aliphatic heterocycles. The zero-order chi connectivity index (χ0) is 18.1. The smallest absolute Gasteiger partial charge is 0.145 e. The highest BCUT2D eigenvalue weighted by Gasteiger charge is 2.10. The Hall–Kier alpha value is -2.85. The third kappa shape index (κ3) is 3.04. The molecule has 1 aromatic heterocycles. The minimum absolute atomic E-state index is 0.316. The fraction of sp³-hybridized carbons (Fsp3) is 0.0952. The molecule has 130 valence electrons. The average molecular weight is 368 g/mol. The second-order valence-corrected chi connectivity index (χ2v) is 6.33. The lowest BCUT2D eigenvalue weighted by atomic mass is 10.0. The van der Waals surface area contributed by atoms with Crippen LogP contribution in [0.4, 0.5) is 4.39 Å². The Balaban J connectivity index is 1.72. The lowest BCUT2D eigenvalue weighted by Crippen LogP contribution is -1.97. The van der Waals surface area contributed by atoms with E-state index >= 15 is 0 Å². The fourth-order valence-electron chi connectivity index (χ4n) is 2.91. The molecule has 0 aliphatic rings. The van der Waals surface area contributed by atoms with Crippen LogP contribution in [0.3, 0.4) is 0 Å². The normalized spacial score (nSPS) is 11.0. The summed E-state index contributed by atoms with van der Waals surface area (Å²) >= 11 is 6.21. The zero-order valence-electron chi connectivity index (χ0n) is 14.0. The number of pyridine rings is 1. The molecule has 3 aromatic carbocycles. The van der Waals surface area contributed by atoms with Gasteiger partial charge in [0.2, 0.25) is 0 Å². The maximum absolute atomic E-state index is 14.2. The van der Waals surface area contributed by atoms with Gasteiger partial charge in [-0.2, -0.15) is 0 Å². The topological polar surface area (TPSA) is 31.4 Å². The molecule has 1 heterocycles. The standard InChI is InChI=1S/C21H15ClFNO2/c1-25-15-4-2-13(3-5-15)12-26-21-11-24-10-14-8-17-18(9-16(14)21)20(23)7-6-19(17)22/h2-11H,12H2,1H3. The van der Waals surface area contributed by atoms with Gasteiger partial charge in [-0.1, -0.05) is 23.7 Å². The van der Waals surface area contributed by atoms with Crippen molar-refractivity contribution in [2.75, 3.05) is 7.11 Å². The molecule has 0 amide bonds. The van der Waals surface area contributed by atoms with Crippen molar-refractivity contribution in [3.05, 3.63) is 77.3 Å². The van der Waals surface area contributed by atoms with Crippen LogP contribution in [-0.4, -0.2) is 12.1 Å². The highest BCUT2D eigenvalue weighted by molar-refractivity contribution is 6.36. The predicted octanol–water partition coefficient (Wildman–Crippen LogP) is 5.77. The van der Waals surface area contributed by atoms with Gasteiger partial charge in [0.15, 0.2) is 0 Å². The number of ether oxygens (including phenoxy) is 2. The summed E-state index contributed by atoms with van der Waals surface area (Å²) in [6.07, 6.45) is 3.36. The van der Waals surface area contributed by atoms with Crippen LogP contribution in [0.25, 0.3) is 21.5 Å². The molecular formula is C21H15ClFNO2. The summed E-state index contributed by atoms with van der Waals surface area (Å²) in [5.41, 5.74) is 0.998. The molecule has 0 N–H and O–H groups in total. The first-order valence-electron chi connectivity index (χ1n) is 8.07. The Kier molecular flexibility index (Phi) is 4.35. The van der Waals surface area contributed by atoms with Crippen molar-refractivity contribution in [1.29, 1.82) is 0 Å². The first kappa shape index (κ1) is 16.6. The first-order chi connectivity index (χ1) is 12.7. The van der Waals surface area contributed by atoms with Gasteiger partial charge >= 0.3 is 0 Å². The highest BCUT2D eigenvalue weighted by Crippen LogP contribution is 2.33. The van der Waals surface area contributed by atoms with Crippen molar-refractivity contribution in [2.45, 2.75) is 6.61 Å². The largest absolute Gasteiger partial charge is 0.497 e. The summed E-state index contributed by atoms with van der Waals surface area (Å²) < 4.78 is 25.3. The van der Waals surface area contributed by atoms with E-state index in [0.29, 0.717) is 28.2 Å². The third-order valence-corrected chi connectivity index (χ3v) is 4.63. The van der Waals surface area contributed by atoms with Crippen LogP contribution in [0, 0.1) is 5.82 Å². The van der Waals surface area contributed by atoms with Gasteiger partial charge in [0, 0.05) is 32.8 Å². The van der Waals surface area contributed by atoms with Crippen LogP contribution in [0.1, 0.15) is 5.56 Å². The lowest BCUT2D eigenvalue weighted by molar-refractivity contribution is 0.308. The SMILES string of the molecule is COc1ccc(COc2cncc3cc4c(Cl)ccc(F)c4cc23)cc1. The lowest BCUT2D eigenvalue weighted by Gasteiger charge is -2.11. The Morgan fingerprint density at radius 2 is 1.77 bits per heavy atom. The number of fused-ring (bicyclic) bond motifs is 2. The molecule has 0 radical (unpaired) electrons. The number of aromatic nitrogens is 1. The van der Waals surface area contributed by atoms with E-state index in [-0.39, 0.29) is 5.82 Å². The summed E-state index contributed by atoms with van der Waals surface area (Å²) in [6, 6.07) is 14.2. The van der Waals surface area contributed by atoms with Gasteiger partial charge in [-0.15, -0.1) is 0 Å². The Morgan fingerprint density at radius 3 is 2.54 bits per heavy atom. The van der Waals surface area contributed by atoms with Crippen LogP contribution in [0.15, 0.2) is 60.9 Å². The number of nitrogens with zero attached hydrogens (tertiary/aromatic N) is 1. The molecule has 26 heavy (non-hydrogen) atoms. The van der Waals surface area contributed by atoms with Gasteiger partial charge in [0.1, 0.15) is 23.9 Å². The Bertz CT molecular complexity index is 1100. The van der Waals surface area contributed by atoms with E-state index in [2.05, 4.69) is 4.98 Å². The van der Waals surface area contributed by atoms with Gasteiger partial charge in [-0.3, -0.25) is 4.98 Å². The molecule has 0 saturated heterocycles. The predicted molar refractivity (Wildman–Crippen MR) is 102 cm³/mol. The molecule has 4 aromatic rings. The highest BCUT2D eigenvalue weighted by atomic mass is 35.5. The van der Waals surface area contributed by atoms with E-state index in [1.54, 1.807) is 31.6 Å². The molecule has 4 rings (SSSR count). The maximum Gasteiger partial charge on any atom is 0.145 e. The average Bonchev–Trinajstić information content (AvgIpc) is 2.68. The molecular weight excluding hydrogens is 353 g/mol. The van der Waals surface area contributed by atoms with Gasteiger partial charge < -0.3 is 9.47 Å². The molecule has 0 bridgehead atoms. The summed E-state index contributed by atoms with van der Waals surface area (Å²) in [5, 5.41) is 3.27. The van der Waals surface area contributed by atoms with Crippen LogP contribution in [0.5, 0.6) is 11.5 Å². The van der Waals surface area contributed by atoms with Crippen molar-refractivity contribution < 1.29 is 13.9 Å². The van der Waals surface area contributed by atoms with E-state index in [4.69, 9.17) is 21.1 Å². The molecule has 0 unspecified atom stereocenters. The zero-order valence-corrected chi connectivity index (χ0v) is 14.8. The number of hydrogen-bond donors (Lipinski definition) is 0. The van der Waals surface area contributed by atoms with E-state index in [1.807, 2.05) is 30.3 Å². The van der Waals surface area contributed by atoms with Crippen molar-refractivity contribution in [2.24, 2.45) is 0 Å². The van der Waals surface area contributed by atoms with Crippen molar-refractivity contribution >= 4 is 33.1 Å². The Morgan fingerprint density at radius 1 is 0.962 bits per heavy atom. The van der Waals surface area contributed by atoms with Crippen LogP contribution in [0.2, 0.25) is 5.02 Å². The van der Waals surface area contributed by atoms with Crippen LogP contribution < -0.4 is 9.47 Å². The molecule has 0 saturated carbocycles. The second kappa shape index (κ2) is 6.81. The molecule has 3 nitrogen and oxygen atoms in total. The van der Waals surface area contributed by atoms with Crippen molar-refractivity contribution in [1.82, 2.24) is 4.98 Å². The fourth-order valence-corrected chi connectivity index (χ4v) is 3.13. The van der Waals surface area contributed by atoms with Crippen LogP contribution in [-0.2, 0) is 6.61 Å². The summed E-state index contributed by atoms with van der Waals surface area (Å²) in [7, 11) is 1.63. The van der Waals surface area contributed by atoms with Gasteiger partial charge in [0.05, 0.1) is 13.3 Å². The number of methoxy groups -OCH3 is 1. The van der Waals surface area contributed by atoms with Gasteiger partial charge in [-0.25, -0.2) is 4.39 Å². The second-order valence-electron chi connectivity index (χ2n) is 5.92. The Labute approximate surface area is 154 Å². The van der Waals surface area contributed by atoms with E-state index < -0.39 is 0 Å². The summed E-state index contributed by atoms with van der Waals surface area (Å²) in [4.78, 5) is 4.23. The third-order valence-electron chi connectivity index (χ3n) is 4.30. The summed E-state index contributed by atoms with van der Waals surface area (Å²) in [5.74, 6) is 1.07.